The first-order valence-electron chi connectivity index (χ1n) is 7.58. The standard InChI is InChI=1S/C15H16ClN5O4S/c16-11-8-10(21(24)25)2-3-12(11)17-5-1-6-18-14(23)9-26-15-19-7-4-13(22)20-15/h2-4,7-8,17H,1,5-6,9H2,(H,18,23)(H,19,20,22). The Balaban J connectivity index is 1.65. The number of nitrogens with zero attached hydrogens (tertiary/aromatic N) is 2. The van der Waals surface area contributed by atoms with Crippen LogP contribution in [0.3, 0.4) is 0 Å². The third-order valence-electron chi connectivity index (χ3n) is 3.14. The molecule has 0 radical (unpaired) electrons. The Bertz CT molecular complexity index is 845. The summed E-state index contributed by atoms with van der Waals surface area (Å²) in [5, 5.41) is 17.1. The van der Waals surface area contributed by atoms with Gasteiger partial charge in [0.2, 0.25) is 5.91 Å². The fourth-order valence-corrected chi connectivity index (χ4v) is 2.83. The van der Waals surface area contributed by atoms with E-state index in [9.17, 15) is 19.7 Å². The van der Waals surface area contributed by atoms with Gasteiger partial charge in [-0.3, -0.25) is 19.7 Å². The van der Waals surface area contributed by atoms with Crippen LogP contribution in [-0.4, -0.2) is 39.6 Å². The van der Waals surface area contributed by atoms with E-state index in [1.54, 1.807) is 6.07 Å². The second-order valence-electron chi connectivity index (χ2n) is 5.08. The number of aromatic nitrogens is 2. The second-order valence-corrected chi connectivity index (χ2v) is 6.45. The normalized spacial score (nSPS) is 10.3. The lowest BCUT2D eigenvalue weighted by molar-refractivity contribution is -0.384. The average molecular weight is 398 g/mol. The van der Waals surface area contributed by atoms with E-state index in [-0.39, 0.29) is 27.9 Å². The molecule has 1 aromatic carbocycles. The van der Waals surface area contributed by atoms with Crippen LogP contribution >= 0.6 is 23.4 Å². The number of non-ortho nitro benzene ring substituents is 1. The number of anilines is 1. The number of nitrogens with one attached hydrogen (secondary N) is 3. The molecule has 0 atom stereocenters. The first-order chi connectivity index (χ1) is 12.5. The van der Waals surface area contributed by atoms with Crippen LogP contribution in [0, 0.1) is 10.1 Å². The Hall–Kier alpha value is -2.59. The molecule has 0 spiro atoms. The summed E-state index contributed by atoms with van der Waals surface area (Å²) in [5.74, 6) is -0.0240. The first kappa shape index (κ1) is 19.7. The summed E-state index contributed by atoms with van der Waals surface area (Å²) in [4.78, 5) is 39.5. The van der Waals surface area contributed by atoms with E-state index in [4.69, 9.17) is 11.6 Å². The molecule has 0 aliphatic heterocycles. The maximum atomic E-state index is 11.7. The minimum atomic E-state index is -0.510. The van der Waals surface area contributed by atoms with Crippen LogP contribution in [-0.2, 0) is 4.79 Å². The highest BCUT2D eigenvalue weighted by molar-refractivity contribution is 7.99. The topological polar surface area (TPSA) is 130 Å². The van der Waals surface area contributed by atoms with Gasteiger partial charge in [0.1, 0.15) is 0 Å². The number of amides is 1. The molecule has 2 aromatic rings. The summed E-state index contributed by atoms with van der Waals surface area (Å²) < 4.78 is 0. The van der Waals surface area contributed by atoms with Crippen LogP contribution in [0.15, 0.2) is 40.4 Å². The van der Waals surface area contributed by atoms with Gasteiger partial charge >= 0.3 is 0 Å². The predicted molar refractivity (Wildman–Crippen MR) is 99.8 cm³/mol. The lowest BCUT2D eigenvalue weighted by Gasteiger charge is -2.09. The highest BCUT2D eigenvalue weighted by Gasteiger charge is 2.09. The number of nitro groups is 1. The number of aromatic amines is 1. The molecule has 0 saturated heterocycles. The number of nitro benzene ring substituents is 1. The highest BCUT2D eigenvalue weighted by Crippen LogP contribution is 2.26. The van der Waals surface area contributed by atoms with Crippen molar-refractivity contribution in [2.24, 2.45) is 0 Å². The Kier molecular flexibility index (Phi) is 7.42. The minimum absolute atomic E-state index is 0.0698. The second kappa shape index (κ2) is 9.78. The average Bonchev–Trinajstić information content (AvgIpc) is 2.60. The lowest BCUT2D eigenvalue weighted by Crippen LogP contribution is -2.27. The summed E-state index contributed by atoms with van der Waals surface area (Å²) in [6, 6.07) is 5.50. The Morgan fingerprint density at radius 3 is 2.85 bits per heavy atom. The Morgan fingerprint density at radius 1 is 1.35 bits per heavy atom. The Morgan fingerprint density at radius 2 is 2.15 bits per heavy atom. The number of halogens is 1. The largest absolute Gasteiger partial charge is 0.384 e. The molecule has 0 saturated carbocycles. The van der Waals surface area contributed by atoms with Gasteiger partial charge in [-0.1, -0.05) is 23.4 Å². The molecule has 138 valence electrons. The van der Waals surface area contributed by atoms with Crippen LogP contribution in [0.4, 0.5) is 11.4 Å². The van der Waals surface area contributed by atoms with Gasteiger partial charge in [0.05, 0.1) is 21.4 Å². The monoisotopic (exact) mass is 397 g/mol. The first-order valence-corrected chi connectivity index (χ1v) is 8.94. The number of carbonyl (C=O) groups is 1. The molecule has 26 heavy (non-hydrogen) atoms. The summed E-state index contributed by atoms with van der Waals surface area (Å²) in [5.41, 5.74) is 0.261. The van der Waals surface area contributed by atoms with Crippen molar-refractivity contribution in [3.63, 3.8) is 0 Å². The van der Waals surface area contributed by atoms with Crippen LogP contribution < -0.4 is 16.2 Å². The van der Waals surface area contributed by atoms with E-state index in [2.05, 4.69) is 20.6 Å². The van der Waals surface area contributed by atoms with E-state index in [1.807, 2.05) is 0 Å². The zero-order chi connectivity index (χ0) is 18.9. The quantitative estimate of drug-likeness (QED) is 0.194. The molecule has 9 nitrogen and oxygen atoms in total. The maximum Gasteiger partial charge on any atom is 0.271 e. The summed E-state index contributed by atoms with van der Waals surface area (Å²) in [6.07, 6.45) is 2.03. The molecule has 1 amide bonds. The molecule has 2 rings (SSSR count). The molecule has 0 aliphatic rings. The number of thioether (sulfide) groups is 1. The summed E-state index contributed by atoms with van der Waals surface area (Å²) >= 11 is 7.12. The van der Waals surface area contributed by atoms with Gasteiger partial charge in [0.15, 0.2) is 5.16 Å². The van der Waals surface area contributed by atoms with E-state index >= 15 is 0 Å². The number of rotatable bonds is 9. The van der Waals surface area contributed by atoms with Gasteiger partial charge in [-0.05, 0) is 12.5 Å². The molecule has 11 heteroatoms. The van der Waals surface area contributed by atoms with Gasteiger partial charge in [-0.25, -0.2) is 4.98 Å². The van der Waals surface area contributed by atoms with Gasteiger partial charge in [-0.15, -0.1) is 0 Å². The molecule has 0 fully saturated rings. The number of hydrogen-bond donors (Lipinski definition) is 3. The third kappa shape index (κ3) is 6.37. The van der Waals surface area contributed by atoms with Crippen molar-refractivity contribution < 1.29 is 9.72 Å². The van der Waals surface area contributed by atoms with E-state index in [0.29, 0.717) is 30.4 Å². The number of hydrogen-bond acceptors (Lipinski definition) is 7. The maximum absolute atomic E-state index is 11.7. The van der Waals surface area contributed by atoms with Crippen LogP contribution in [0.1, 0.15) is 6.42 Å². The molecule has 0 aliphatic carbocycles. The van der Waals surface area contributed by atoms with Crippen molar-refractivity contribution in [1.29, 1.82) is 0 Å². The number of carbonyl (C=O) groups excluding carboxylic acids is 1. The fraction of sp³-hybridized carbons (Fsp3) is 0.267. The molecular weight excluding hydrogens is 382 g/mol. The Labute approximate surface area is 157 Å². The minimum Gasteiger partial charge on any atom is -0.384 e. The summed E-state index contributed by atoms with van der Waals surface area (Å²) in [7, 11) is 0. The van der Waals surface area contributed by atoms with Crippen LogP contribution in [0.25, 0.3) is 0 Å². The van der Waals surface area contributed by atoms with Crippen molar-refractivity contribution in [3.05, 3.63) is 56.0 Å². The highest BCUT2D eigenvalue weighted by atomic mass is 35.5. The van der Waals surface area contributed by atoms with Gasteiger partial charge < -0.3 is 15.6 Å². The van der Waals surface area contributed by atoms with Crippen molar-refractivity contribution >= 4 is 40.6 Å². The predicted octanol–water partition coefficient (Wildman–Crippen LogP) is 2.04. The van der Waals surface area contributed by atoms with Crippen LogP contribution in [0.5, 0.6) is 0 Å². The van der Waals surface area contributed by atoms with Gasteiger partial charge in [0, 0.05) is 37.5 Å². The molecule has 1 heterocycles. The third-order valence-corrected chi connectivity index (χ3v) is 4.34. The zero-order valence-electron chi connectivity index (χ0n) is 13.5. The van der Waals surface area contributed by atoms with E-state index < -0.39 is 4.92 Å². The van der Waals surface area contributed by atoms with Gasteiger partial charge in [0.25, 0.3) is 11.2 Å². The lowest BCUT2D eigenvalue weighted by atomic mass is 10.2. The van der Waals surface area contributed by atoms with Crippen molar-refractivity contribution in [2.45, 2.75) is 11.6 Å². The van der Waals surface area contributed by atoms with E-state index in [0.717, 1.165) is 11.8 Å². The van der Waals surface area contributed by atoms with Crippen molar-refractivity contribution in [1.82, 2.24) is 15.3 Å². The molecular formula is C15H16ClN5O4S. The smallest absolute Gasteiger partial charge is 0.271 e. The number of H-pyrrole nitrogens is 1. The van der Waals surface area contributed by atoms with E-state index in [1.165, 1.54) is 24.4 Å². The molecule has 1 aromatic heterocycles. The van der Waals surface area contributed by atoms with Crippen molar-refractivity contribution in [3.8, 4) is 0 Å². The zero-order valence-corrected chi connectivity index (χ0v) is 15.1. The number of benzene rings is 1. The molecule has 0 bridgehead atoms. The molecule has 0 unspecified atom stereocenters. The SMILES string of the molecule is O=C(CSc1nccc(=O)[nH]1)NCCCNc1ccc([N+](=O)[O-])cc1Cl. The van der Waals surface area contributed by atoms with Gasteiger partial charge in [-0.2, -0.15) is 0 Å². The molecule has 3 N–H and O–H groups in total. The van der Waals surface area contributed by atoms with Crippen molar-refractivity contribution in [2.75, 3.05) is 24.2 Å². The van der Waals surface area contributed by atoms with Crippen LogP contribution in [0.2, 0.25) is 5.02 Å². The summed E-state index contributed by atoms with van der Waals surface area (Å²) in [6.45, 7) is 0.994. The fourth-order valence-electron chi connectivity index (χ4n) is 1.91.